The van der Waals surface area contributed by atoms with Crippen LogP contribution >= 0.6 is 11.6 Å². The molecule has 0 bridgehead atoms. The summed E-state index contributed by atoms with van der Waals surface area (Å²) < 4.78 is 10.9. The molecule has 2 heterocycles. The van der Waals surface area contributed by atoms with Crippen LogP contribution in [0.4, 0.5) is 0 Å². The molecule has 14 heavy (non-hydrogen) atoms. The smallest absolute Gasteiger partial charge is 0.124 e. The monoisotopic (exact) mass is 213 g/mol. The highest BCUT2D eigenvalue weighted by Crippen LogP contribution is 2.17. The van der Waals surface area contributed by atoms with Gasteiger partial charge in [0, 0.05) is 18.7 Å². The zero-order valence-corrected chi connectivity index (χ0v) is 8.54. The Bertz CT molecular complexity index is 300. The summed E-state index contributed by atoms with van der Waals surface area (Å²) in [6.07, 6.45) is 2.85. The summed E-state index contributed by atoms with van der Waals surface area (Å²) in [4.78, 5) is 4.09. The first kappa shape index (κ1) is 9.74. The van der Waals surface area contributed by atoms with Gasteiger partial charge >= 0.3 is 0 Å². The van der Waals surface area contributed by atoms with E-state index >= 15 is 0 Å². The Labute approximate surface area is 88.0 Å². The summed E-state index contributed by atoms with van der Waals surface area (Å²) in [5.74, 6) is 1.24. The lowest BCUT2D eigenvalue weighted by Crippen LogP contribution is -2.15. The Morgan fingerprint density at radius 3 is 3.29 bits per heavy atom. The molecular weight excluding hydrogens is 202 g/mol. The van der Waals surface area contributed by atoms with Crippen LogP contribution in [0.5, 0.6) is 5.75 Å². The number of aromatic nitrogens is 1. The highest BCUT2D eigenvalue weighted by atomic mass is 35.5. The third kappa shape index (κ3) is 2.36. The zero-order chi connectivity index (χ0) is 9.80. The summed E-state index contributed by atoms with van der Waals surface area (Å²) in [6, 6.07) is 3.71. The molecule has 1 saturated heterocycles. The minimum Gasteiger partial charge on any atom is -0.488 e. The molecule has 1 aliphatic rings. The van der Waals surface area contributed by atoms with Gasteiger partial charge in [0.1, 0.15) is 11.9 Å². The maximum atomic E-state index is 5.69. The number of rotatable bonds is 3. The van der Waals surface area contributed by atoms with E-state index in [1.807, 2.05) is 12.1 Å². The van der Waals surface area contributed by atoms with Gasteiger partial charge in [0.15, 0.2) is 0 Å². The van der Waals surface area contributed by atoms with Crippen molar-refractivity contribution in [2.45, 2.75) is 18.4 Å². The normalized spacial score (nSPS) is 21.1. The lowest BCUT2D eigenvalue weighted by atomic mass is 10.3. The van der Waals surface area contributed by atoms with Crippen molar-refractivity contribution in [3.05, 3.63) is 24.0 Å². The fraction of sp³-hybridized carbons (Fsp3) is 0.500. The fourth-order valence-corrected chi connectivity index (χ4v) is 1.55. The van der Waals surface area contributed by atoms with E-state index in [-0.39, 0.29) is 6.10 Å². The predicted octanol–water partition coefficient (Wildman–Crippen LogP) is 1.99. The molecule has 0 aliphatic carbocycles. The number of halogens is 1. The Balaban J connectivity index is 2.00. The minimum absolute atomic E-state index is 0.181. The molecule has 1 aliphatic heterocycles. The summed E-state index contributed by atoms with van der Waals surface area (Å²) >= 11 is 5.67. The third-order valence-corrected chi connectivity index (χ3v) is 2.39. The van der Waals surface area contributed by atoms with Crippen LogP contribution in [0.1, 0.15) is 12.1 Å². The number of nitrogens with zero attached hydrogens (tertiary/aromatic N) is 1. The van der Waals surface area contributed by atoms with E-state index in [2.05, 4.69) is 4.98 Å². The molecule has 0 N–H and O–H groups in total. The quantitative estimate of drug-likeness (QED) is 0.720. The molecule has 2 rings (SSSR count). The van der Waals surface area contributed by atoms with Crippen LogP contribution in [0.2, 0.25) is 0 Å². The molecule has 3 nitrogen and oxygen atoms in total. The molecule has 1 atom stereocenters. The Morgan fingerprint density at radius 2 is 2.57 bits per heavy atom. The highest BCUT2D eigenvalue weighted by Gasteiger charge is 2.17. The van der Waals surface area contributed by atoms with Gasteiger partial charge in [-0.25, -0.2) is 0 Å². The number of pyridine rings is 1. The SMILES string of the molecule is ClCc1cc(OC2CCOC2)ccn1. The van der Waals surface area contributed by atoms with E-state index < -0.39 is 0 Å². The van der Waals surface area contributed by atoms with E-state index in [0.29, 0.717) is 12.5 Å². The van der Waals surface area contributed by atoms with Gasteiger partial charge in [-0.3, -0.25) is 4.98 Å². The van der Waals surface area contributed by atoms with Crippen molar-refractivity contribution in [3.63, 3.8) is 0 Å². The van der Waals surface area contributed by atoms with Crippen LogP contribution < -0.4 is 4.74 Å². The third-order valence-electron chi connectivity index (χ3n) is 2.12. The molecule has 1 unspecified atom stereocenters. The number of hydrogen-bond donors (Lipinski definition) is 0. The Morgan fingerprint density at radius 1 is 1.64 bits per heavy atom. The average molecular weight is 214 g/mol. The molecule has 4 heteroatoms. The maximum Gasteiger partial charge on any atom is 0.124 e. The number of hydrogen-bond acceptors (Lipinski definition) is 3. The molecule has 0 radical (unpaired) electrons. The molecule has 0 amide bonds. The first-order valence-corrected chi connectivity index (χ1v) is 5.17. The van der Waals surface area contributed by atoms with Crippen molar-refractivity contribution in [2.24, 2.45) is 0 Å². The van der Waals surface area contributed by atoms with Gasteiger partial charge in [-0.2, -0.15) is 0 Å². The molecule has 0 saturated carbocycles. The molecule has 0 spiro atoms. The van der Waals surface area contributed by atoms with Crippen molar-refractivity contribution in [1.29, 1.82) is 0 Å². The summed E-state index contributed by atoms with van der Waals surface area (Å²) in [5.41, 5.74) is 0.836. The lowest BCUT2D eigenvalue weighted by Gasteiger charge is -2.11. The summed E-state index contributed by atoms with van der Waals surface area (Å²) in [6.45, 7) is 1.47. The van der Waals surface area contributed by atoms with Crippen LogP contribution in [0.3, 0.4) is 0 Å². The second kappa shape index (κ2) is 4.62. The average Bonchev–Trinajstić information content (AvgIpc) is 2.71. The second-order valence-electron chi connectivity index (χ2n) is 3.22. The van der Waals surface area contributed by atoms with E-state index in [4.69, 9.17) is 21.1 Å². The number of ether oxygens (including phenoxy) is 2. The summed E-state index contributed by atoms with van der Waals surface area (Å²) in [5, 5.41) is 0. The van der Waals surface area contributed by atoms with Gasteiger partial charge in [-0.15, -0.1) is 11.6 Å². The first-order chi connectivity index (χ1) is 6.88. The van der Waals surface area contributed by atoms with Gasteiger partial charge in [0.05, 0.1) is 24.8 Å². The molecule has 1 aromatic rings. The van der Waals surface area contributed by atoms with Gasteiger partial charge in [0.25, 0.3) is 0 Å². The zero-order valence-electron chi connectivity index (χ0n) is 7.78. The van der Waals surface area contributed by atoms with Crippen molar-refractivity contribution in [3.8, 4) is 5.75 Å². The van der Waals surface area contributed by atoms with Crippen LogP contribution in [0.25, 0.3) is 0 Å². The molecular formula is C10H12ClNO2. The standard InChI is InChI=1S/C10H12ClNO2/c11-6-8-5-9(1-3-12-8)14-10-2-4-13-7-10/h1,3,5,10H,2,4,6-7H2. The Kier molecular flexibility index (Phi) is 3.22. The molecule has 0 aromatic carbocycles. The van der Waals surface area contributed by atoms with Gasteiger partial charge in [-0.05, 0) is 6.07 Å². The van der Waals surface area contributed by atoms with Gasteiger partial charge < -0.3 is 9.47 Å². The first-order valence-electron chi connectivity index (χ1n) is 4.64. The van der Waals surface area contributed by atoms with Crippen LogP contribution in [0.15, 0.2) is 18.3 Å². The predicted molar refractivity (Wildman–Crippen MR) is 53.6 cm³/mol. The topological polar surface area (TPSA) is 31.4 Å². The van der Waals surface area contributed by atoms with E-state index in [9.17, 15) is 0 Å². The minimum atomic E-state index is 0.181. The lowest BCUT2D eigenvalue weighted by molar-refractivity contribution is 0.141. The maximum absolute atomic E-state index is 5.69. The summed E-state index contributed by atoms with van der Waals surface area (Å²) in [7, 11) is 0. The molecule has 76 valence electrons. The van der Waals surface area contributed by atoms with Crippen LogP contribution in [-0.4, -0.2) is 24.3 Å². The van der Waals surface area contributed by atoms with Crippen LogP contribution in [-0.2, 0) is 10.6 Å². The van der Waals surface area contributed by atoms with Crippen molar-refractivity contribution < 1.29 is 9.47 Å². The number of alkyl halides is 1. The van der Waals surface area contributed by atoms with E-state index in [1.165, 1.54) is 0 Å². The molecule has 1 aromatic heterocycles. The second-order valence-corrected chi connectivity index (χ2v) is 3.49. The van der Waals surface area contributed by atoms with E-state index in [1.54, 1.807) is 6.20 Å². The fourth-order valence-electron chi connectivity index (χ4n) is 1.40. The Hall–Kier alpha value is -0.800. The van der Waals surface area contributed by atoms with Crippen molar-refractivity contribution >= 4 is 11.6 Å². The van der Waals surface area contributed by atoms with Crippen molar-refractivity contribution in [2.75, 3.05) is 13.2 Å². The van der Waals surface area contributed by atoms with Crippen LogP contribution in [0, 0.1) is 0 Å². The highest BCUT2D eigenvalue weighted by molar-refractivity contribution is 6.16. The van der Waals surface area contributed by atoms with Crippen molar-refractivity contribution in [1.82, 2.24) is 4.98 Å². The van der Waals surface area contributed by atoms with Gasteiger partial charge in [-0.1, -0.05) is 0 Å². The van der Waals surface area contributed by atoms with Gasteiger partial charge in [0.2, 0.25) is 0 Å². The largest absolute Gasteiger partial charge is 0.488 e. The van der Waals surface area contributed by atoms with E-state index in [0.717, 1.165) is 24.5 Å². The molecule has 1 fully saturated rings.